The van der Waals surface area contributed by atoms with Crippen LogP contribution in [0.3, 0.4) is 0 Å². The second kappa shape index (κ2) is 12.3. The molecule has 0 aliphatic carbocycles. The number of esters is 1. The predicted octanol–water partition coefficient (Wildman–Crippen LogP) is 1.82. The molecule has 0 spiro atoms. The number of hydrogen-bond donors (Lipinski definition) is 2. The molecule has 3 N–H and O–H groups in total. The van der Waals surface area contributed by atoms with E-state index in [1.54, 1.807) is 44.2 Å². The van der Waals surface area contributed by atoms with E-state index in [1.807, 2.05) is 6.07 Å². The lowest BCUT2D eigenvalue weighted by Gasteiger charge is -2.27. The minimum atomic E-state index is -3.99. The van der Waals surface area contributed by atoms with E-state index in [0.717, 1.165) is 16.7 Å². The maximum atomic E-state index is 13.4. The predicted molar refractivity (Wildman–Crippen MR) is 151 cm³/mol. The number of nitrogens with two attached hydrogens (primary N) is 1. The first-order valence-corrected chi connectivity index (χ1v) is 14.2. The Morgan fingerprint density at radius 3 is 2.72 bits per heavy atom. The van der Waals surface area contributed by atoms with Crippen molar-refractivity contribution in [2.24, 2.45) is 0 Å². The van der Waals surface area contributed by atoms with Gasteiger partial charge in [-0.05, 0) is 42.5 Å². The highest BCUT2D eigenvalue weighted by Crippen LogP contribution is 2.31. The van der Waals surface area contributed by atoms with Gasteiger partial charge in [0.05, 0.1) is 19.9 Å². The highest BCUT2D eigenvalue weighted by Gasteiger charge is 2.42. The Morgan fingerprint density at radius 1 is 1.33 bits per heavy atom. The summed E-state index contributed by atoms with van der Waals surface area (Å²) in [5.74, 6) is -0.258. The third kappa shape index (κ3) is 6.35. The maximum Gasteiger partial charge on any atom is 0.329 e. The molecule has 1 aliphatic rings. The SMILES string of the molecule is CCOC(=O)[C@@H](Cc1cc2ccnc(N)c2cc1OC)N1CC[C@H](NS(=O)(=O)c2cnc(N(C)C)s2)C1=O.Cl. The number of nitrogens with one attached hydrogen (secondary N) is 1. The molecule has 0 radical (unpaired) electrons. The minimum Gasteiger partial charge on any atom is -0.496 e. The average molecular weight is 599 g/mol. The summed E-state index contributed by atoms with van der Waals surface area (Å²) in [5, 5.41) is 2.03. The molecule has 12 nitrogen and oxygen atoms in total. The number of likely N-dealkylation sites (tertiary alicyclic amines) is 1. The summed E-state index contributed by atoms with van der Waals surface area (Å²) < 4.78 is 39.2. The molecule has 3 heterocycles. The smallest absolute Gasteiger partial charge is 0.329 e. The van der Waals surface area contributed by atoms with Crippen LogP contribution in [0.5, 0.6) is 5.75 Å². The van der Waals surface area contributed by atoms with Crippen LogP contribution in [-0.2, 0) is 30.8 Å². The molecule has 2 aromatic heterocycles. The highest BCUT2D eigenvalue weighted by molar-refractivity contribution is 7.91. The maximum absolute atomic E-state index is 13.4. The lowest BCUT2D eigenvalue weighted by Crippen LogP contribution is -2.48. The summed E-state index contributed by atoms with van der Waals surface area (Å²) in [6.07, 6.45) is 3.15. The molecule has 39 heavy (non-hydrogen) atoms. The van der Waals surface area contributed by atoms with Crippen molar-refractivity contribution in [3.63, 3.8) is 0 Å². The van der Waals surface area contributed by atoms with Crippen LogP contribution in [0.1, 0.15) is 18.9 Å². The van der Waals surface area contributed by atoms with Crippen molar-refractivity contribution in [3.8, 4) is 5.75 Å². The largest absolute Gasteiger partial charge is 0.496 e. The van der Waals surface area contributed by atoms with Crippen LogP contribution in [0.25, 0.3) is 10.8 Å². The fourth-order valence-electron chi connectivity index (χ4n) is 4.34. The number of benzene rings is 1. The summed E-state index contributed by atoms with van der Waals surface area (Å²) in [6, 6.07) is 3.37. The summed E-state index contributed by atoms with van der Waals surface area (Å²) in [7, 11) is 1.03. The molecule has 2 atom stereocenters. The zero-order valence-electron chi connectivity index (χ0n) is 21.9. The van der Waals surface area contributed by atoms with Crippen LogP contribution >= 0.6 is 23.7 Å². The van der Waals surface area contributed by atoms with Gasteiger partial charge in [-0.15, -0.1) is 12.4 Å². The van der Waals surface area contributed by atoms with Crippen molar-refractivity contribution in [1.29, 1.82) is 0 Å². The first-order valence-electron chi connectivity index (χ1n) is 11.9. The van der Waals surface area contributed by atoms with Gasteiger partial charge in [0.25, 0.3) is 10.0 Å². The number of carbonyl (C=O) groups is 2. The van der Waals surface area contributed by atoms with E-state index in [9.17, 15) is 18.0 Å². The number of fused-ring (bicyclic) bond motifs is 1. The topological polar surface area (TPSA) is 157 Å². The number of methoxy groups -OCH3 is 1. The van der Waals surface area contributed by atoms with Crippen LogP contribution in [-0.4, -0.2) is 81.6 Å². The van der Waals surface area contributed by atoms with Crippen molar-refractivity contribution in [2.75, 3.05) is 45.0 Å². The van der Waals surface area contributed by atoms with Crippen LogP contribution < -0.4 is 20.1 Å². The lowest BCUT2D eigenvalue weighted by molar-refractivity contribution is -0.153. The van der Waals surface area contributed by atoms with Crippen molar-refractivity contribution < 1.29 is 27.5 Å². The lowest BCUT2D eigenvalue weighted by atomic mass is 10.00. The standard InChI is InChI=1S/C24H30N6O6S2.ClH/c1-5-36-23(32)18(11-15-10-14-6-8-26-21(25)16(14)12-19(15)35-4)30-9-7-17(22(30)31)28-38(33,34)20-13-27-24(37-20)29(2)3;/h6,8,10,12-13,17-18,28H,5,7,9,11H2,1-4H3,(H2,25,26);1H/t17-,18+;/m0./s1. The van der Waals surface area contributed by atoms with E-state index in [4.69, 9.17) is 15.2 Å². The number of pyridine rings is 1. The molecule has 1 fully saturated rings. The van der Waals surface area contributed by atoms with Gasteiger partial charge in [-0.3, -0.25) is 4.79 Å². The number of nitrogens with zero attached hydrogens (tertiary/aromatic N) is 4. The molecule has 1 amide bonds. The molecule has 0 unspecified atom stereocenters. The Bertz CT molecular complexity index is 1460. The number of carbonyl (C=O) groups excluding carboxylic acids is 2. The van der Waals surface area contributed by atoms with Gasteiger partial charge < -0.3 is 25.0 Å². The number of anilines is 2. The second-order valence-corrected chi connectivity index (χ2v) is 11.9. The van der Waals surface area contributed by atoms with Crippen molar-refractivity contribution in [1.82, 2.24) is 19.6 Å². The molecule has 1 aliphatic heterocycles. The van der Waals surface area contributed by atoms with Crippen molar-refractivity contribution in [2.45, 2.75) is 36.1 Å². The molecule has 3 aromatic rings. The number of sulfonamides is 1. The number of nitrogen functional groups attached to an aromatic ring is 1. The normalized spacial score (nSPS) is 16.2. The molecule has 0 saturated carbocycles. The molecule has 4 rings (SSSR count). The molecule has 15 heteroatoms. The number of amides is 1. The van der Waals surface area contributed by atoms with Gasteiger partial charge in [0.15, 0.2) is 9.34 Å². The quantitative estimate of drug-likeness (QED) is 0.330. The Labute approximate surface area is 236 Å². The highest BCUT2D eigenvalue weighted by atomic mass is 35.5. The van der Waals surface area contributed by atoms with Crippen LogP contribution in [0, 0.1) is 0 Å². The first-order chi connectivity index (χ1) is 18.1. The van der Waals surface area contributed by atoms with E-state index in [0.29, 0.717) is 27.6 Å². The zero-order valence-corrected chi connectivity index (χ0v) is 24.4. The molecule has 1 aromatic carbocycles. The molecule has 1 saturated heterocycles. The number of rotatable bonds is 10. The fourth-order valence-corrected chi connectivity index (χ4v) is 6.62. The summed E-state index contributed by atoms with van der Waals surface area (Å²) in [5.41, 5.74) is 6.67. The van der Waals surface area contributed by atoms with E-state index in [2.05, 4.69) is 14.7 Å². The minimum absolute atomic E-state index is 0. The second-order valence-electron chi connectivity index (χ2n) is 8.90. The summed E-state index contributed by atoms with van der Waals surface area (Å²) in [4.78, 5) is 37.7. The van der Waals surface area contributed by atoms with E-state index in [-0.39, 0.29) is 42.6 Å². The van der Waals surface area contributed by atoms with Gasteiger partial charge in [-0.1, -0.05) is 11.3 Å². The van der Waals surface area contributed by atoms with Gasteiger partial charge in [-0.2, -0.15) is 4.72 Å². The Kier molecular flexibility index (Phi) is 9.59. The number of thiazole rings is 1. The Hall–Kier alpha value is -3.20. The van der Waals surface area contributed by atoms with Gasteiger partial charge >= 0.3 is 5.97 Å². The van der Waals surface area contributed by atoms with Gasteiger partial charge in [-0.25, -0.2) is 23.2 Å². The Balaban J connectivity index is 0.00000420. The fraction of sp³-hybridized carbons (Fsp3) is 0.417. The number of hydrogen-bond acceptors (Lipinski definition) is 11. The van der Waals surface area contributed by atoms with Crippen molar-refractivity contribution >= 4 is 67.4 Å². The molecular formula is C24H31ClN6O6S2. The molecule has 0 bridgehead atoms. The van der Waals surface area contributed by atoms with Crippen LogP contribution in [0.2, 0.25) is 0 Å². The third-order valence-corrected chi connectivity index (χ3v) is 9.30. The molecular weight excluding hydrogens is 568 g/mol. The summed E-state index contributed by atoms with van der Waals surface area (Å²) >= 11 is 0.997. The zero-order chi connectivity index (χ0) is 27.6. The number of halogens is 1. The molecule has 212 valence electrons. The van der Waals surface area contributed by atoms with Crippen LogP contribution in [0.15, 0.2) is 34.8 Å². The van der Waals surface area contributed by atoms with E-state index >= 15 is 0 Å². The number of ether oxygens (including phenoxy) is 2. The van der Waals surface area contributed by atoms with E-state index in [1.165, 1.54) is 18.2 Å². The first kappa shape index (κ1) is 30.3. The van der Waals surface area contributed by atoms with Gasteiger partial charge in [0.1, 0.15) is 23.7 Å². The third-order valence-electron chi connectivity index (χ3n) is 6.20. The average Bonchev–Trinajstić information content (AvgIpc) is 3.51. The summed E-state index contributed by atoms with van der Waals surface area (Å²) in [6.45, 7) is 1.99. The Morgan fingerprint density at radius 2 is 2.08 bits per heavy atom. The number of aromatic nitrogens is 2. The van der Waals surface area contributed by atoms with Gasteiger partial charge in [0, 0.05) is 38.6 Å². The van der Waals surface area contributed by atoms with Crippen LogP contribution in [0.4, 0.5) is 10.9 Å². The van der Waals surface area contributed by atoms with Gasteiger partial charge in [0.2, 0.25) is 5.91 Å². The monoisotopic (exact) mass is 598 g/mol. The van der Waals surface area contributed by atoms with E-state index < -0.39 is 34.0 Å². The van der Waals surface area contributed by atoms with Crippen molar-refractivity contribution in [3.05, 3.63) is 36.2 Å².